The van der Waals surface area contributed by atoms with Gasteiger partial charge in [0.25, 0.3) is 15.9 Å². The molecule has 154 valence electrons. The largest absolute Gasteiger partial charge is 0.339 e. The highest BCUT2D eigenvalue weighted by Gasteiger charge is 2.36. The number of amides is 1. The molecular formula is C23H28N2O3S. The molecule has 1 fully saturated rings. The highest BCUT2D eigenvalue weighted by Crippen LogP contribution is 2.37. The predicted octanol–water partition coefficient (Wildman–Crippen LogP) is 4.01. The first-order valence-corrected chi connectivity index (χ1v) is 11.7. The number of rotatable bonds is 3. The number of carbonyl (C=O) groups excluding carboxylic acids is 1. The molecule has 1 saturated heterocycles. The summed E-state index contributed by atoms with van der Waals surface area (Å²) in [4.78, 5) is 15.1. The van der Waals surface area contributed by atoms with Crippen LogP contribution in [0.3, 0.4) is 0 Å². The van der Waals surface area contributed by atoms with Crippen LogP contribution < -0.4 is 4.31 Å². The van der Waals surface area contributed by atoms with Crippen molar-refractivity contribution in [2.24, 2.45) is 5.92 Å². The summed E-state index contributed by atoms with van der Waals surface area (Å²) in [6.45, 7) is 7.66. The second-order valence-corrected chi connectivity index (χ2v) is 10.3. The highest BCUT2D eigenvalue weighted by atomic mass is 32.2. The lowest BCUT2D eigenvalue weighted by Crippen LogP contribution is -2.38. The van der Waals surface area contributed by atoms with E-state index in [0.29, 0.717) is 28.5 Å². The number of sulfonamides is 1. The van der Waals surface area contributed by atoms with E-state index in [4.69, 9.17) is 0 Å². The van der Waals surface area contributed by atoms with Gasteiger partial charge in [-0.2, -0.15) is 0 Å². The summed E-state index contributed by atoms with van der Waals surface area (Å²) in [7, 11) is -3.64. The standard InChI is InChI=1S/C23H28N2O3S/c1-16-4-7-21(8-5-16)29(27,28)25-18(3)14-20-15-19(6-9-22(20)25)23(26)24-12-10-17(2)11-13-24/h4-9,15,17-18H,10-14H2,1-3H3/t18-/m0/s1. The molecule has 0 unspecified atom stereocenters. The summed E-state index contributed by atoms with van der Waals surface area (Å²) in [5, 5.41) is 0. The fraction of sp³-hybridized carbons (Fsp3) is 0.435. The van der Waals surface area contributed by atoms with Crippen molar-refractivity contribution in [3.05, 3.63) is 59.2 Å². The molecule has 4 rings (SSSR count). The van der Waals surface area contributed by atoms with Crippen molar-refractivity contribution in [2.75, 3.05) is 17.4 Å². The van der Waals surface area contributed by atoms with Gasteiger partial charge in [0.1, 0.15) is 0 Å². The second kappa shape index (κ2) is 7.48. The summed E-state index contributed by atoms with van der Waals surface area (Å²) in [5.41, 5.74) is 3.28. The normalized spacial score (nSPS) is 20.0. The topological polar surface area (TPSA) is 57.7 Å². The van der Waals surface area contributed by atoms with Crippen LogP contribution >= 0.6 is 0 Å². The quantitative estimate of drug-likeness (QED) is 0.765. The van der Waals surface area contributed by atoms with E-state index in [1.165, 1.54) is 4.31 Å². The molecule has 29 heavy (non-hydrogen) atoms. The molecule has 0 spiro atoms. The summed E-state index contributed by atoms with van der Waals surface area (Å²) in [6, 6.07) is 12.2. The maximum atomic E-state index is 13.3. The van der Waals surface area contributed by atoms with Crippen LogP contribution in [0.2, 0.25) is 0 Å². The van der Waals surface area contributed by atoms with E-state index >= 15 is 0 Å². The van der Waals surface area contributed by atoms with E-state index in [0.717, 1.165) is 37.1 Å². The first-order valence-electron chi connectivity index (χ1n) is 10.3. The fourth-order valence-electron chi connectivity index (χ4n) is 4.32. The molecule has 0 N–H and O–H groups in total. The van der Waals surface area contributed by atoms with Crippen molar-refractivity contribution in [1.29, 1.82) is 0 Å². The van der Waals surface area contributed by atoms with Gasteiger partial charge in [-0.05, 0) is 74.9 Å². The number of benzene rings is 2. The van der Waals surface area contributed by atoms with E-state index < -0.39 is 10.0 Å². The summed E-state index contributed by atoms with van der Waals surface area (Å²) < 4.78 is 28.0. The molecule has 0 aliphatic carbocycles. The number of likely N-dealkylation sites (tertiary alicyclic amines) is 1. The average Bonchev–Trinajstić information content (AvgIpc) is 3.04. The number of hydrogen-bond donors (Lipinski definition) is 0. The van der Waals surface area contributed by atoms with Crippen molar-refractivity contribution in [3.8, 4) is 0 Å². The van der Waals surface area contributed by atoms with Crippen LogP contribution in [-0.2, 0) is 16.4 Å². The van der Waals surface area contributed by atoms with Gasteiger partial charge in [-0.15, -0.1) is 0 Å². The number of fused-ring (bicyclic) bond motifs is 1. The number of carbonyl (C=O) groups is 1. The molecule has 2 aliphatic heterocycles. The Morgan fingerprint density at radius 1 is 1.00 bits per heavy atom. The monoisotopic (exact) mass is 412 g/mol. The minimum absolute atomic E-state index is 0.0483. The van der Waals surface area contributed by atoms with Gasteiger partial charge in [0.05, 0.1) is 10.6 Å². The summed E-state index contributed by atoms with van der Waals surface area (Å²) in [5.74, 6) is 0.715. The Labute approximate surface area is 173 Å². The van der Waals surface area contributed by atoms with Gasteiger partial charge in [0, 0.05) is 24.7 Å². The third-order valence-corrected chi connectivity index (χ3v) is 8.07. The number of hydrogen-bond acceptors (Lipinski definition) is 3. The summed E-state index contributed by atoms with van der Waals surface area (Å²) in [6.07, 6.45) is 2.69. The highest BCUT2D eigenvalue weighted by molar-refractivity contribution is 7.92. The van der Waals surface area contributed by atoms with Crippen LogP contribution in [0.1, 0.15) is 48.2 Å². The fourth-order valence-corrected chi connectivity index (χ4v) is 6.01. The summed E-state index contributed by atoms with van der Waals surface area (Å²) >= 11 is 0. The van der Waals surface area contributed by atoms with Crippen molar-refractivity contribution < 1.29 is 13.2 Å². The molecule has 2 heterocycles. The third-order valence-electron chi connectivity index (χ3n) is 6.13. The van der Waals surface area contributed by atoms with Gasteiger partial charge in [-0.25, -0.2) is 8.42 Å². The van der Waals surface area contributed by atoms with Gasteiger partial charge in [-0.3, -0.25) is 9.10 Å². The Kier molecular flexibility index (Phi) is 5.15. The predicted molar refractivity (Wildman–Crippen MR) is 115 cm³/mol. The second-order valence-electron chi connectivity index (χ2n) is 8.49. The average molecular weight is 413 g/mol. The molecule has 2 aliphatic rings. The first kappa shape index (κ1) is 20.0. The molecule has 0 aromatic heterocycles. The molecule has 2 aromatic carbocycles. The Bertz CT molecular complexity index is 1020. The zero-order valence-electron chi connectivity index (χ0n) is 17.3. The molecular weight excluding hydrogens is 384 g/mol. The van der Waals surface area contributed by atoms with Crippen LogP contribution in [0.25, 0.3) is 0 Å². The van der Waals surface area contributed by atoms with Crippen molar-refractivity contribution in [1.82, 2.24) is 4.90 Å². The Hall–Kier alpha value is -2.34. The molecule has 2 aromatic rings. The van der Waals surface area contributed by atoms with E-state index in [1.54, 1.807) is 24.3 Å². The third kappa shape index (κ3) is 3.66. The minimum Gasteiger partial charge on any atom is -0.339 e. The van der Waals surface area contributed by atoms with E-state index in [-0.39, 0.29) is 11.9 Å². The Morgan fingerprint density at radius 3 is 2.31 bits per heavy atom. The SMILES string of the molecule is Cc1ccc(S(=O)(=O)N2c3ccc(C(=O)N4CCC(C)CC4)cc3C[C@@H]2C)cc1. The van der Waals surface area contributed by atoms with Gasteiger partial charge in [-0.1, -0.05) is 24.6 Å². The minimum atomic E-state index is -3.64. The zero-order chi connectivity index (χ0) is 20.8. The smallest absolute Gasteiger partial charge is 0.264 e. The zero-order valence-corrected chi connectivity index (χ0v) is 18.1. The van der Waals surface area contributed by atoms with Crippen LogP contribution in [0, 0.1) is 12.8 Å². The first-order chi connectivity index (χ1) is 13.8. The Morgan fingerprint density at radius 2 is 1.66 bits per heavy atom. The van der Waals surface area contributed by atoms with E-state index in [2.05, 4.69) is 6.92 Å². The lowest BCUT2D eigenvalue weighted by atomic mass is 9.98. The lowest BCUT2D eigenvalue weighted by Gasteiger charge is -2.30. The molecule has 1 amide bonds. The van der Waals surface area contributed by atoms with Crippen LogP contribution in [-0.4, -0.2) is 38.4 Å². The Balaban J connectivity index is 1.63. The van der Waals surface area contributed by atoms with E-state index in [9.17, 15) is 13.2 Å². The van der Waals surface area contributed by atoms with Gasteiger partial charge in [0.2, 0.25) is 0 Å². The molecule has 0 bridgehead atoms. The van der Waals surface area contributed by atoms with Crippen molar-refractivity contribution in [2.45, 2.75) is 51.0 Å². The number of nitrogens with zero attached hydrogens (tertiary/aromatic N) is 2. The number of anilines is 1. The van der Waals surface area contributed by atoms with E-state index in [1.807, 2.05) is 36.9 Å². The molecule has 0 radical (unpaired) electrons. The van der Waals surface area contributed by atoms with Crippen molar-refractivity contribution >= 4 is 21.6 Å². The van der Waals surface area contributed by atoms with Crippen LogP contribution in [0.15, 0.2) is 47.4 Å². The molecule has 0 saturated carbocycles. The number of aryl methyl sites for hydroxylation is 1. The molecule has 1 atom stereocenters. The number of piperidine rings is 1. The lowest BCUT2D eigenvalue weighted by molar-refractivity contribution is 0.0697. The maximum absolute atomic E-state index is 13.3. The van der Waals surface area contributed by atoms with Gasteiger partial charge < -0.3 is 4.90 Å². The maximum Gasteiger partial charge on any atom is 0.264 e. The van der Waals surface area contributed by atoms with Crippen LogP contribution in [0.4, 0.5) is 5.69 Å². The van der Waals surface area contributed by atoms with Crippen molar-refractivity contribution in [3.63, 3.8) is 0 Å². The van der Waals surface area contributed by atoms with Gasteiger partial charge in [0.15, 0.2) is 0 Å². The van der Waals surface area contributed by atoms with Gasteiger partial charge >= 0.3 is 0 Å². The molecule has 5 nitrogen and oxygen atoms in total. The van der Waals surface area contributed by atoms with Crippen LogP contribution in [0.5, 0.6) is 0 Å². The molecule has 6 heteroatoms.